The highest BCUT2D eigenvalue weighted by Crippen LogP contribution is 2.30. The Morgan fingerprint density at radius 2 is 2.16 bits per heavy atom. The van der Waals surface area contributed by atoms with Crippen molar-refractivity contribution < 1.29 is 19.4 Å². The lowest BCUT2D eigenvalue weighted by molar-refractivity contribution is 0.0874. The Kier molecular flexibility index (Phi) is 2.89. The molecule has 0 saturated heterocycles. The summed E-state index contributed by atoms with van der Waals surface area (Å²) in [6, 6.07) is 5.32. The van der Waals surface area contributed by atoms with E-state index in [2.05, 4.69) is 0 Å². The summed E-state index contributed by atoms with van der Waals surface area (Å²) in [5.41, 5.74) is 1.34. The van der Waals surface area contributed by atoms with Gasteiger partial charge in [0.1, 0.15) is 5.75 Å². The first kappa shape index (κ1) is 12.0. The zero-order valence-electron chi connectivity index (χ0n) is 10.5. The van der Waals surface area contributed by atoms with Crippen molar-refractivity contribution in [2.75, 3.05) is 13.2 Å². The van der Waals surface area contributed by atoms with Crippen LogP contribution in [0.15, 0.2) is 18.2 Å². The molecule has 0 atom stereocenters. The van der Waals surface area contributed by atoms with Crippen molar-refractivity contribution in [2.45, 2.75) is 19.4 Å². The molecule has 100 valence electrons. The highest BCUT2D eigenvalue weighted by molar-refractivity contribution is 6.01. The number of amides is 1. The summed E-state index contributed by atoms with van der Waals surface area (Å²) in [7, 11) is 0. The molecule has 19 heavy (non-hydrogen) atoms. The third-order valence-electron chi connectivity index (χ3n) is 3.53. The van der Waals surface area contributed by atoms with Crippen molar-refractivity contribution in [3.63, 3.8) is 0 Å². The number of hydrogen-bond donors (Lipinski definition) is 1. The van der Waals surface area contributed by atoms with Crippen LogP contribution in [0.4, 0.5) is 4.79 Å². The minimum Gasteiger partial charge on any atom is -0.493 e. The maximum atomic E-state index is 11.9. The number of Topliss-reactive ketones (excluding diaryl/α,β-unsaturated/α-hetero) is 1. The number of rotatable bonds is 3. The number of benzene rings is 1. The molecule has 0 unspecified atom stereocenters. The summed E-state index contributed by atoms with van der Waals surface area (Å²) >= 11 is 0. The van der Waals surface area contributed by atoms with Gasteiger partial charge < -0.3 is 9.84 Å². The Bertz CT molecular complexity index is 536. The van der Waals surface area contributed by atoms with Crippen LogP contribution in [0.3, 0.4) is 0 Å². The molecule has 1 aliphatic heterocycles. The predicted octanol–water partition coefficient (Wildman–Crippen LogP) is 2.15. The minimum absolute atomic E-state index is 0.0750. The van der Waals surface area contributed by atoms with Gasteiger partial charge in [-0.3, -0.25) is 9.69 Å². The highest BCUT2D eigenvalue weighted by atomic mass is 16.5. The first-order valence-corrected chi connectivity index (χ1v) is 6.40. The van der Waals surface area contributed by atoms with Gasteiger partial charge in [0.25, 0.3) is 0 Å². The van der Waals surface area contributed by atoms with Crippen molar-refractivity contribution in [3.8, 4) is 5.75 Å². The second-order valence-electron chi connectivity index (χ2n) is 5.14. The number of fused-ring (bicyclic) bond motifs is 1. The molecule has 5 nitrogen and oxygen atoms in total. The summed E-state index contributed by atoms with van der Waals surface area (Å²) < 4.78 is 5.64. The van der Waals surface area contributed by atoms with Crippen LogP contribution in [0.25, 0.3) is 0 Å². The molecule has 1 saturated carbocycles. The lowest BCUT2D eigenvalue weighted by atomic mass is 9.98. The fourth-order valence-electron chi connectivity index (χ4n) is 2.20. The van der Waals surface area contributed by atoms with Crippen LogP contribution in [0.1, 0.15) is 28.8 Å². The number of ether oxygens (including phenoxy) is 1. The fourth-order valence-corrected chi connectivity index (χ4v) is 2.20. The van der Waals surface area contributed by atoms with E-state index in [9.17, 15) is 9.59 Å². The molecule has 1 fully saturated rings. The molecule has 0 spiro atoms. The molecule has 0 bridgehead atoms. The number of carbonyl (C=O) groups excluding carboxylic acids is 1. The highest BCUT2D eigenvalue weighted by Gasteiger charge is 2.27. The normalized spacial score (nSPS) is 18.1. The van der Waals surface area contributed by atoms with Gasteiger partial charge >= 0.3 is 6.09 Å². The Morgan fingerprint density at radius 3 is 2.84 bits per heavy atom. The number of hydrogen-bond acceptors (Lipinski definition) is 3. The zero-order valence-corrected chi connectivity index (χ0v) is 10.5. The van der Waals surface area contributed by atoms with Gasteiger partial charge in [-0.05, 0) is 36.5 Å². The van der Waals surface area contributed by atoms with E-state index in [0.29, 0.717) is 23.8 Å². The molecule has 0 aromatic heterocycles. The van der Waals surface area contributed by atoms with E-state index in [0.717, 1.165) is 10.5 Å². The standard InChI is InChI=1S/C14H15NO4/c16-13-7-15(14(17)18)6-10-3-4-11(5-12(10)13)19-8-9-1-2-9/h3-5,9H,1-2,6-8H2,(H,17,18). The maximum Gasteiger partial charge on any atom is 0.408 e. The largest absolute Gasteiger partial charge is 0.493 e. The number of carboxylic acid groups (broad SMARTS) is 1. The van der Waals surface area contributed by atoms with Crippen molar-refractivity contribution in [3.05, 3.63) is 29.3 Å². The molecule has 1 N–H and O–H groups in total. The van der Waals surface area contributed by atoms with Gasteiger partial charge in [0.15, 0.2) is 5.78 Å². The van der Waals surface area contributed by atoms with E-state index in [1.54, 1.807) is 18.2 Å². The smallest absolute Gasteiger partial charge is 0.408 e. The molecular weight excluding hydrogens is 246 g/mol. The van der Waals surface area contributed by atoms with Crippen LogP contribution >= 0.6 is 0 Å². The van der Waals surface area contributed by atoms with E-state index in [1.165, 1.54) is 12.8 Å². The molecule has 1 aromatic rings. The second kappa shape index (κ2) is 4.57. The summed E-state index contributed by atoms with van der Waals surface area (Å²) in [6.45, 7) is 0.891. The molecule has 1 aromatic carbocycles. The summed E-state index contributed by atoms with van der Waals surface area (Å²) in [5, 5.41) is 8.94. The third-order valence-corrected chi connectivity index (χ3v) is 3.53. The third kappa shape index (κ3) is 2.54. The van der Waals surface area contributed by atoms with Crippen molar-refractivity contribution >= 4 is 11.9 Å². The average molecular weight is 261 g/mol. The minimum atomic E-state index is -1.06. The summed E-state index contributed by atoms with van der Waals surface area (Å²) in [5.74, 6) is 1.19. The average Bonchev–Trinajstić information content (AvgIpc) is 3.20. The lowest BCUT2D eigenvalue weighted by Crippen LogP contribution is -2.38. The van der Waals surface area contributed by atoms with Crippen LogP contribution in [0.5, 0.6) is 5.75 Å². The summed E-state index contributed by atoms with van der Waals surface area (Å²) in [4.78, 5) is 24.0. The molecular formula is C14H15NO4. The van der Waals surface area contributed by atoms with Crippen LogP contribution in [0, 0.1) is 5.92 Å². The van der Waals surface area contributed by atoms with Crippen LogP contribution in [0.2, 0.25) is 0 Å². The Morgan fingerprint density at radius 1 is 1.37 bits per heavy atom. The van der Waals surface area contributed by atoms with E-state index >= 15 is 0 Å². The van der Waals surface area contributed by atoms with Crippen molar-refractivity contribution in [1.29, 1.82) is 0 Å². The molecule has 0 radical (unpaired) electrons. The van der Waals surface area contributed by atoms with Crippen LogP contribution in [-0.4, -0.2) is 35.0 Å². The number of nitrogens with zero attached hydrogens (tertiary/aromatic N) is 1. The van der Waals surface area contributed by atoms with Crippen molar-refractivity contribution in [1.82, 2.24) is 4.90 Å². The van der Waals surface area contributed by atoms with Crippen LogP contribution in [-0.2, 0) is 6.54 Å². The maximum absolute atomic E-state index is 11.9. The van der Waals surface area contributed by atoms with Gasteiger partial charge in [0.05, 0.1) is 19.7 Å². The van der Waals surface area contributed by atoms with Gasteiger partial charge in [-0.15, -0.1) is 0 Å². The Labute approximate surface area is 110 Å². The van der Waals surface area contributed by atoms with Gasteiger partial charge in [-0.1, -0.05) is 6.07 Å². The molecule has 1 amide bonds. The van der Waals surface area contributed by atoms with E-state index in [4.69, 9.17) is 9.84 Å². The van der Waals surface area contributed by atoms with Crippen LogP contribution < -0.4 is 4.74 Å². The molecule has 2 aliphatic rings. The molecule has 3 rings (SSSR count). The monoisotopic (exact) mass is 261 g/mol. The zero-order chi connectivity index (χ0) is 13.4. The second-order valence-corrected chi connectivity index (χ2v) is 5.14. The van der Waals surface area contributed by atoms with Crippen molar-refractivity contribution in [2.24, 2.45) is 5.92 Å². The van der Waals surface area contributed by atoms with Gasteiger partial charge in [0.2, 0.25) is 0 Å². The lowest BCUT2D eigenvalue weighted by Gasteiger charge is -2.25. The fraction of sp³-hybridized carbons (Fsp3) is 0.429. The van der Waals surface area contributed by atoms with E-state index in [-0.39, 0.29) is 18.9 Å². The van der Waals surface area contributed by atoms with E-state index in [1.807, 2.05) is 0 Å². The SMILES string of the molecule is O=C1CN(C(=O)O)Cc2ccc(OCC3CC3)cc21. The number of ketones is 1. The van der Waals surface area contributed by atoms with E-state index < -0.39 is 6.09 Å². The predicted molar refractivity (Wildman–Crippen MR) is 67.4 cm³/mol. The Balaban J connectivity index is 1.78. The molecule has 1 aliphatic carbocycles. The Hall–Kier alpha value is -2.04. The topological polar surface area (TPSA) is 66.8 Å². The van der Waals surface area contributed by atoms with Gasteiger partial charge in [0, 0.05) is 5.56 Å². The molecule has 1 heterocycles. The number of carbonyl (C=O) groups is 2. The first-order chi connectivity index (χ1) is 9.13. The molecule has 5 heteroatoms. The first-order valence-electron chi connectivity index (χ1n) is 6.40. The van der Waals surface area contributed by atoms with Gasteiger partial charge in [-0.25, -0.2) is 4.79 Å². The van der Waals surface area contributed by atoms with Gasteiger partial charge in [-0.2, -0.15) is 0 Å². The summed E-state index contributed by atoms with van der Waals surface area (Å²) in [6.07, 6.45) is 1.38. The quantitative estimate of drug-likeness (QED) is 0.905.